The van der Waals surface area contributed by atoms with Crippen molar-refractivity contribution in [3.8, 4) is 0 Å². The maximum absolute atomic E-state index is 13.6. The first kappa shape index (κ1) is 23.9. The van der Waals surface area contributed by atoms with Crippen LogP contribution in [0.25, 0.3) is 0 Å². The van der Waals surface area contributed by atoms with Gasteiger partial charge in [0, 0.05) is 42.6 Å². The molecule has 0 radical (unpaired) electrons. The highest BCUT2D eigenvalue weighted by Crippen LogP contribution is 2.31. The average molecular weight is 488 g/mol. The van der Waals surface area contributed by atoms with Crippen molar-refractivity contribution in [2.45, 2.75) is 39.5 Å². The minimum Gasteiger partial charge on any atom is -0.371 e. The molecule has 0 saturated carbocycles. The van der Waals surface area contributed by atoms with Crippen LogP contribution in [0.15, 0.2) is 36.4 Å². The Morgan fingerprint density at radius 1 is 0.848 bits per heavy atom. The summed E-state index contributed by atoms with van der Waals surface area (Å²) in [5.41, 5.74) is 2.52. The molecule has 33 heavy (non-hydrogen) atoms. The highest BCUT2D eigenvalue weighted by Gasteiger charge is 2.27. The lowest BCUT2D eigenvalue weighted by molar-refractivity contribution is 0.0697. The van der Waals surface area contributed by atoms with E-state index in [0.29, 0.717) is 33.7 Å². The fraction of sp³-hybridized carbons (Fsp3) is 0.462. The maximum atomic E-state index is 13.6. The minimum atomic E-state index is -0.332. The summed E-state index contributed by atoms with van der Waals surface area (Å²) < 4.78 is 0. The van der Waals surface area contributed by atoms with Crippen LogP contribution in [-0.4, -0.2) is 42.9 Å². The Morgan fingerprint density at radius 3 is 2.12 bits per heavy atom. The summed E-state index contributed by atoms with van der Waals surface area (Å²) in [5, 5.41) is 3.67. The van der Waals surface area contributed by atoms with E-state index in [1.165, 1.54) is 0 Å². The van der Waals surface area contributed by atoms with Crippen LogP contribution in [0.4, 0.5) is 11.4 Å². The fourth-order valence-corrected chi connectivity index (χ4v) is 5.06. The lowest BCUT2D eigenvalue weighted by atomic mass is 9.96. The van der Waals surface area contributed by atoms with Crippen LogP contribution in [0, 0.1) is 11.8 Å². The van der Waals surface area contributed by atoms with Gasteiger partial charge in [-0.15, -0.1) is 0 Å². The number of nitrogens with zero attached hydrogens (tertiary/aromatic N) is 2. The van der Waals surface area contributed by atoms with Crippen molar-refractivity contribution in [2.75, 3.05) is 36.4 Å². The second-order valence-electron chi connectivity index (χ2n) is 9.45. The highest BCUT2D eigenvalue weighted by molar-refractivity contribution is 6.37. The van der Waals surface area contributed by atoms with Gasteiger partial charge >= 0.3 is 0 Å². The van der Waals surface area contributed by atoms with E-state index in [2.05, 4.69) is 24.1 Å². The molecule has 0 bridgehead atoms. The van der Waals surface area contributed by atoms with Crippen LogP contribution in [0.1, 0.15) is 60.2 Å². The monoisotopic (exact) mass is 487 g/mol. The molecule has 1 N–H and O–H groups in total. The first-order valence-corrected chi connectivity index (χ1v) is 12.5. The number of nitrogens with one attached hydrogen (secondary N) is 1. The normalized spacial score (nSPS) is 17.8. The smallest absolute Gasteiger partial charge is 0.257 e. The van der Waals surface area contributed by atoms with Gasteiger partial charge in [-0.25, -0.2) is 0 Å². The molecule has 2 aromatic rings. The number of likely N-dealkylation sites (tertiary alicyclic amines) is 1. The third kappa shape index (κ3) is 5.64. The molecule has 2 aliphatic heterocycles. The Bertz CT molecular complexity index is 1030. The van der Waals surface area contributed by atoms with E-state index in [-0.39, 0.29) is 16.8 Å². The van der Waals surface area contributed by atoms with Crippen LogP contribution in [0.3, 0.4) is 0 Å². The molecule has 0 aliphatic carbocycles. The van der Waals surface area contributed by atoms with E-state index in [0.717, 1.165) is 57.5 Å². The number of halogens is 2. The van der Waals surface area contributed by atoms with Crippen molar-refractivity contribution in [3.05, 3.63) is 57.6 Å². The van der Waals surface area contributed by atoms with Crippen molar-refractivity contribution >= 4 is 46.4 Å². The molecule has 2 saturated heterocycles. The Balaban J connectivity index is 1.61. The van der Waals surface area contributed by atoms with Gasteiger partial charge in [0.25, 0.3) is 11.8 Å². The first-order valence-electron chi connectivity index (χ1n) is 11.8. The molecule has 0 aromatic heterocycles. The molecule has 176 valence electrons. The topological polar surface area (TPSA) is 52.7 Å². The fourth-order valence-electron chi connectivity index (χ4n) is 4.56. The Kier molecular flexibility index (Phi) is 7.50. The number of carbonyl (C=O) groups excluding carboxylic acids is 2. The van der Waals surface area contributed by atoms with Crippen molar-refractivity contribution in [1.82, 2.24) is 4.90 Å². The summed E-state index contributed by atoms with van der Waals surface area (Å²) in [6.07, 6.45) is 4.27. The van der Waals surface area contributed by atoms with E-state index in [1.54, 1.807) is 18.2 Å². The van der Waals surface area contributed by atoms with Crippen LogP contribution >= 0.6 is 23.2 Å². The SMILES string of the molecule is CC1CCN(C(=O)c2cc(NC(=O)c3ccc(Cl)cc3Cl)ccc2N2CCC(C)CC2)CC1. The van der Waals surface area contributed by atoms with Crippen LogP contribution in [0.5, 0.6) is 0 Å². The van der Waals surface area contributed by atoms with Crippen LogP contribution in [-0.2, 0) is 0 Å². The molecule has 5 nitrogen and oxygen atoms in total. The molecule has 2 heterocycles. The largest absolute Gasteiger partial charge is 0.371 e. The lowest BCUT2D eigenvalue weighted by Gasteiger charge is -2.35. The highest BCUT2D eigenvalue weighted by atomic mass is 35.5. The van der Waals surface area contributed by atoms with E-state index in [4.69, 9.17) is 23.2 Å². The number of rotatable bonds is 4. The molecular formula is C26H31Cl2N3O2. The van der Waals surface area contributed by atoms with Crippen molar-refractivity contribution in [2.24, 2.45) is 11.8 Å². The Hall–Kier alpha value is -2.24. The third-order valence-corrected chi connectivity index (χ3v) is 7.40. The zero-order chi connectivity index (χ0) is 23.5. The molecule has 2 aliphatic rings. The van der Waals surface area contributed by atoms with Gasteiger partial charge in [-0.1, -0.05) is 37.0 Å². The number of piperidine rings is 2. The zero-order valence-corrected chi connectivity index (χ0v) is 20.8. The molecule has 4 rings (SSSR count). The van der Waals surface area contributed by atoms with Gasteiger partial charge in [0.1, 0.15) is 0 Å². The van der Waals surface area contributed by atoms with E-state index in [1.807, 2.05) is 23.1 Å². The number of benzene rings is 2. The summed E-state index contributed by atoms with van der Waals surface area (Å²) in [6, 6.07) is 10.4. The van der Waals surface area contributed by atoms with Crippen molar-refractivity contribution in [3.63, 3.8) is 0 Å². The standard InChI is InChI=1S/C26H31Cl2N3O2/c1-17-7-11-30(12-8-17)24-6-4-20(29-25(32)21-5-3-19(27)15-23(21)28)16-22(24)26(33)31-13-9-18(2)10-14-31/h3-6,15-18H,7-14H2,1-2H3,(H,29,32). The summed E-state index contributed by atoms with van der Waals surface area (Å²) in [4.78, 5) is 30.7. The number of anilines is 2. The molecule has 2 fully saturated rings. The molecule has 0 spiro atoms. The predicted octanol–water partition coefficient (Wildman–Crippen LogP) is 6.35. The minimum absolute atomic E-state index is 0.0381. The number of amides is 2. The Morgan fingerprint density at radius 2 is 1.48 bits per heavy atom. The summed E-state index contributed by atoms with van der Waals surface area (Å²) in [7, 11) is 0. The van der Waals surface area contributed by atoms with Crippen molar-refractivity contribution < 1.29 is 9.59 Å². The predicted molar refractivity (Wildman–Crippen MR) is 136 cm³/mol. The van der Waals surface area contributed by atoms with Gasteiger partial charge in [-0.3, -0.25) is 9.59 Å². The lowest BCUT2D eigenvalue weighted by Crippen LogP contribution is -2.40. The van der Waals surface area contributed by atoms with Crippen LogP contribution < -0.4 is 10.2 Å². The number of hydrogen-bond acceptors (Lipinski definition) is 3. The summed E-state index contributed by atoms with van der Waals surface area (Å²) in [6.45, 7) is 7.93. The molecular weight excluding hydrogens is 457 g/mol. The molecule has 0 unspecified atom stereocenters. The quantitative estimate of drug-likeness (QED) is 0.545. The van der Waals surface area contributed by atoms with E-state index < -0.39 is 0 Å². The van der Waals surface area contributed by atoms with E-state index in [9.17, 15) is 9.59 Å². The van der Waals surface area contributed by atoms with Gasteiger partial charge in [-0.05, 0) is 73.9 Å². The molecule has 2 amide bonds. The van der Waals surface area contributed by atoms with E-state index >= 15 is 0 Å². The van der Waals surface area contributed by atoms with Crippen LogP contribution in [0.2, 0.25) is 10.0 Å². The number of carbonyl (C=O) groups is 2. The first-order chi connectivity index (χ1) is 15.8. The summed E-state index contributed by atoms with van der Waals surface area (Å²) in [5.74, 6) is 1.05. The third-order valence-electron chi connectivity index (χ3n) is 6.86. The van der Waals surface area contributed by atoms with Gasteiger partial charge in [0.2, 0.25) is 0 Å². The number of hydrogen-bond donors (Lipinski definition) is 1. The maximum Gasteiger partial charge on any atom is 0.257 e. The Labute approximate surface area is 206 Å². The second-order valence-corrected chi connectivity index (χ2v) is 10.3. The van der Waals surface area contributed by atoms with Gasteiger partial charge < -0.3 is 15.1 Å². The van der Waals surface area contributed by atoms with Crippen molar-refractivity contribution in [1.29, 1.82) is 0 Å². The molecule has 2 aromatic carbocycles. The molecule has 0 atom stereocenters. The van der Waals surface area contributed by atoms with Gasteiger partial charge in [0.15, 0.2) is 0 Å². The van der Waals surface area contributed by atoms with Gasteiger partial charge in [-0.2, -0.15) is 0 Å². The average Bonchev–Trinajstić information content (AvgIpc) is 2.79. The second kappa shape index (κ2) is 10.4. The van der Waals surface area contributed by atoms with Gasteiger partial charge in [0.05, 0.1) is 16.1 Å². The zero-order valence-electron chi connectivity index (χ0n) is 19.2. The summed E-state index contributed by atoms with van der Waals surface area (Å²) >= 11 is 12.2. The molecule has 7 heteroatoms.